The van der Waals surface area contributed by atoms with Gasteiger partial charge in [-0.15, -0.1) is 24.0 Å². The lowest BCUT2D eigenvalue weighted by molar-refractivity contribution is 0.289. The molecule has 1 aliphatic rings. The van der Waals surface area contributed by atoms with Gasteiger partial charge in [0.1, 0.15) is 9.84 Å². The highest BCUT2D eigenvalue weighted by Gasteiger charge is 2.18. The standard InChI is InChI=1S/C15H31N3O2S.HI/c1-12-5-7-14(8-6-12)11-17-15(16-3)18-13(2)9-10-21(4,19)20;/h12-14H,5-11H2,1-4H3,(H2,16,17,18);1H. The molecule has 0 radical (unpaired) electrons. The smallest absolute Gasteiger partial charge is 0.191 e. The molecular formula is C15H32IN3O2S. The second-order valence-corrected chi connectivity index (χ2v) is 8.80. The van der Waals surface area contributed by atoms with Crippen LogP contribution in [0.4, 0.5) is 0 Å². The van der Waals surface area contributed by atoms with Gasteiger partial charge in [0.25, 0.3) is 0 Å². The quantitative estimate of drug-likeness (QED) is 0.374. The first-order chi connectivity index (χ1) is 9.80. The summed E-state index contributed by atoms with van der Waals surface area (Å²) in [4.78, 5) is 4.22. The summed E-state index contributed by atoms with van der Waals surface area (Å²) in [6, 6.07) is 0.0947. The number of hydrogen-bond donors (Lipinski definition) is 2. The van der Waals surface area contributed by atoms with Gasteiger partial charge in [0.05, 0.1) is 5.75 Å². The zero-order valence-electron chi connectivity index (χ0n) is 14.3. The van der Waals surface area contributed by atoms with E-state index < -0.39 is 9.84 Å². The van der Waals surface area contributed by atoms with Crippen LogP contribution in [0, 0.1) is 11.8 Å². The Hall–Kier alpha value is -0.0500. The lowest BCUT2D eigenvalue weighted by atomic mass is 9.83. The summed E-state index contributed by atoms with van der Waals surface area (Å²) in [6.45, 7) is 5.26. The summed E-state index contributed by atoms with van der Waals surface area (Å²) in [6.07, 6.45) is 7.09. The fourth-order valence-corrected chi connectivity index (χ4v) is 3.45. The molecular weight excluding hydrogens is 413 g/mol. The Balaban J connectivity index is 0.00000441. The van der Waals surface area contributed by atoms with Crippen LogP contribution in [-0.2, 0) is 9.84 Å². The normalized spacial score (nSPS) is 24.3. The van der Waals surface area contributed by atoms with Gasteiger partial charge in [-0.1, -0.05) is 19.8 Å². The Morgan fingerprint density at radius 2 is 1.86 bits per heavy atom. The maximum atomic E-state index is 11.2. The minimum atomic E-state index is -2.90. The van der Waals surface area contributed by atoms with Crippen molar-refractivity contribution in [2.45, 2.75) is 52.0 Å². The van der Waals surface area contributed by atoms with Gasteiger partial charge in [-0.25, -0.2) is 8.42 Å². The minimum Gasteiger partial charge on any atom is -0.356 e. The average Bonchev–Trinajstić information content (AvgIpc) is 2.42. The predicted molar refractivity (Wildman–Crippen MR) is 105 cm³/mol. The molecule has 0 bridgehead atoms. The van der Waals surface area contributed by atoms with Crippen LogP contribution < -0.4 is 10.6 Å². The molecule has 7 heteroatoms. The number of nitrogens with one attached hydrogen (secondary N) is 2. The first kappa shape index (κ1) is 21.9. The largest absolute Gasteiger partial charge is 0.356 e. The van der Waals surface area contributed by atoms with E-state index in [-0.39, 0.29) is 35.8 Å². The summed E-state index contributed by atoms with van der Waals surface area (Å²) in [5, 5.41) is 6.63. The minimum absolute atomic E-state index is 0. The number of nitrogens with zero attached hydrogens (tertiary/aromatic N) is 1. The van der Waals surface area contributed by atoms with Crippen molar-refractivity contribution in [1.29, 1.82) is 0 Å². The fraction of sp³-hybridized carbons (Fsp3) is 0.933. The Labute approximate surface area is 153 Å². The average molecular weight is 445 g/mol. The molecule has 1 fully saturated rings. The molecule has 0 saturated heterocycles. The molecule has 5 nitrogen and oxygen atoms in total. The number of sulfone groups is 1. The van der Waals surface area contributed by atoms with Gasteiger partial charge in [-0.2, -0.15) is 0 Å². The molecule has 1 aliphatic carbocycles. The molecule has 132 valence electrons. The van der Waals surface area contributed by atoms with E-state index in [2.05, 4.69) is 22.5 Å². The number of hydrogen-bond acceptors (Lipinski definition) is 3. The molecule has 0 aromatic heterocycles. The predicted octanol–water partition coefficient (Wildman–Crippen LogP) is 2.42. The summed E-state index contributed by atoms with van der Waals surface area (Å²) in [7, 11) is -1.15. The molecule has 0 amide bonds. The summed E-state index contributed by atoms with van der Waals surface area (Å²) < 4.78 is 22.4. The van der Waals surface area contributed by atoms with E-state index in [1.54, 1.807) is 7.05 Å². The molecule has 22 heavy (non-hydrogen) atoms. The van der Waals surface area contributed by atoms with Crippen LogP contribution in [0.5, 0.6) is 0 Å². The summed E-state index contributed by atoms with van der Waals surface area (Å²) >= 11 is 0. The van der Waals surface area contributed by atoms with E-state index in [0.717, 1.165) is 24.3 Å². The highest BCUT2D eigenvalue weighted by molar-refractivity contribution is 14.0. The van der Waals surface area contributed by atoms with Gasteiger partial charge in [0.15, 0.2) is 5.96 Å². The van der Waals surface area contributed by atoms with Gasteiger partial charge in [-0.3, -0.25) is 4.99 Å². The van der Waals surface area contributed by atoms with Gasteiger partial charge in [-0.05, 0) is 38.0 Å². The monoisotopic (exact) mass is 445 g/mol. The number of guanidine groups is 1. The molecule has 1 unspecified atom stereocenters. The zero-order chi connectivity index (χ0) is 15.9. The Morgan fingerprint density at radius 3 is 2.36 bits per heavy atom. The maximum absolute atomic E-state index is 11.2. The first-order valence-corrected chi connectivity index (χ1v) is 10.0. The highest BCUT2D eigenvalue weighted by atomic mass is 127. The van der Waals surface area contributed by atoms with E-state index in [9.17, 15) is 8.42 Å². The maximum Gasteiger partial charge on any atom is 0.191 e. The topological polar surface area (TPSA) is 70.6 Å². The van der Waals surface area contributed by atoms with Crippen molar-refractivity contribution in [3.63, 3.8) is 0 Å². The highest BCUT2D eigenvalue weighted by Crippen LogP contribution is 2.27. The van der Waals surface area contributed by atoms with E-state index in [1.165, 1.54) is 31.9 Å². The van der Waals surface area contributed by atoms with E-state index in [1.807, 2.05) is 6.92 Å². The van der Waals surface area contributed by atoms with Gasteiger partial charge in [0, 0.05) is 25.9 Å². The molecule has 0 aromatic carbocycles. The van der Waals surface area contributed by atoms with Crippen molar-refractivity contribution in [2.75, 3.05) is 25.6 Å². The Bertz CT molecular complexity index is 432. The number of halogens is 1. The lowest BCUT2D eigenvalue weighted by Gasteiger charge is -2.27. The third-order valence-corrected chi connectivity index (χ3v) is 5.20. The van der Waals surface area contributed by atoms with E-state index in [0.29, 0.717) is 6.42 Å². The van der Waals surface area contributed by atoms with Crippen molar-refractivity contribution in [3.8, 4) is 0 Å². The second kappa shape index (κ2) is 10.7. The summed E-state index contributed by atoms with van der Waals surface area (Å²) in [5.74, 6) is 2.58. The van der Waals surface area contributed by atoms with E-state index in [4.69, 9.17) is 0 Å². The van der Waals surface area contributed by atoms with Crippen LogP contribution in [-0.4, -0.2) is 46.0 Å². The van der Waals surface area contributed by atoms with Crippen molar-refractivity contribution >= 4 is 39.8 Å². The molecule has 0 aliphatic heterocycles. The molecule has 0 spiro atoms. The summed E-state index contributed by atoms with van der Waals surface area (Å²) in [5.41, 5.74) is 0. The van der Waals surface area contributed by atoms with Crippen LogP contribution >= 0.6 is 24.0 Å². The van der Waals surface area contributed by atoms with Crippen LogP contribution in [0.1, 0.15) is 46.0 Å². The van der Waals surface area contributed by atoms with E-state index >= 15 is 0 Å². The third kappa shape index (κ3) is 9.86. The van der Waals surface area contributed by atoms with Crippen LogP contribution in [0.3, 0.4) is 0 Å². The SMILES string of the molecule is CN=C(NCC1CCC(C)CC1)NC(C)CCS(C)(=O)=O.I. The molecule has 1 saturated carbocycles. The first-order valence-electron chi connectivity index (χ1n) is 7.95. The molecule has 0 aromatic rings. The van der Waals surface area contributed by atoms with Crippen LogP contribution in [0.25, 0.3) is 0 Å². The zero-order valence-corrected chi connectivity index (χ0v) is 17.4. The Kier molecular flexibility index (Phi) is 10.6. The fourth-order valence-electron chi connectivity index (χ4n) is 2.67. The molecule has 2 N–H and O–H groups in total. The molecule has 1 rings (SSSR count). The Morgan fingerprint density at radius 1 is 1.27 bits per heavy atom. The second-order valence-electron chi connectivity index (χ2n) is 6.54. The van der Waals surface area contributed by atoms with Gasteiger partial charge < -0.3 is 10.6 Å². The van der Waals surface area contributed by atoms with Crippen molar-refractivity contribution < 1.29 is 8.42 Å². The third-order valence-electron chi connectivity index (χ3n) is 4.22. The van der Waals surface area contributed by atoms with Gasteiger partial charge >= 0.3 is 0 Å². The van der Waals surface area contributed by atoms with Gasteiger partial charge in [0.2, 0.25) is 0 Å². The number of rotatable bonds is 6. The van der Waals surface area contributed by atoms with Crippen molar-refractivity contribution in [3.05, 3.63) is 0 Å². The van der Waals surface area contributed by atoms with Crippen LogP contribution in [0.2, 0.25) is 0 Å². The molecule has 1 atom stereocenters. The lowest BCUT2D eigenvalue weighted by Crippen LogP contribution is -2.44. The number of aliphatic imine (C=N–C) groups is 1. The van der Waals surface area contributed by atoms with Crippen molar-refractivity contribution in [2.24, 2.45) is 16.8 Å². The molecule has 0 heterocycles. The van der Waals surface area contributed by atoms with Crippen LogP contribution in [0.15, 0.2) is 4.99 Å². The van der Waals surface area contributed by atoms with Crippen molar-refractivity contribution in [1.82, 2.24) is 10.6 Å².